The molecular weight excluding hydrogens is 274 g/mol. The van der Waals surface area contributed by atoms with Crippen molar-refractivity contribution in [3.63, 3.8) is 0 Å². The van der Waals surface area contributed by atoms with Crippen LogP contribution in [0.2, 0.25) is 5.02 Å². The third kappa shape index (κ3) is 4.67. The molecule has 1 N–H and O–H groups in total. The molecule has 2 aromatic rings. The minimum absolute atomic E-state index is 0.558. The fraction of sp³-hybridized carbons (Fsp3) is 0.375. The van der Waals surface area contributed by atoms with Gasteiger partial charge in [0.1, 0.15) is 5.76 Å². The van der Waals surface area contributed by atoms with E-state index in [1.807, 2.05) is 30.3 Å². The summed E-state index contributed by atoms with van der Waals surface area (Å²) in [4.78, 5) is 0. The van der Waals surface area contributed by atoms with Gasteiger partial charge < -0.3 is 14.5 Å². The molecule has 0 aliphatic carbocycles. The van der Waals surface area contributed by atoms with E-state index in [-0.39, 0.29) is 0 Å². The van der Waals surface area contributed by atoms with E-state index in [0.717, 1.165) is 41.4 Å². The Morgan fingerprint density at radius 2 is 1.95 bits per heavy atom. The molecule has 0 saturated heterocycles. The molecule has 1 aromatic heterocycles. The van der Waals surface area contributed by atoms with Crippen LogP contribution in [0.5, 0.6) is 0 Å². The summed E-state index contributed by atoms with van der Waals surface area (Å²) in [5.41, 5.74) is 2.21. The van der Waals surface area contributed by atoms with Gasteiger partial charge in [0.15, 0.2) is 0 Å². The number of ether oxygens (including phenoxy) is 1. The predicted molar refractivity (Wildman–Crippen MR) is 80.7 cm³/mol. The quantitative estimate of drug-likeness (QED) is 0.743. The molecule has 2 rings (SSSR count). The fourth-order valence-electron chi connectivity index (χ4n) is 1.89. The summed E-state index contributed by atoms with van der Waals surface area (Å²) in [6, 6.07) is 9.66. The number of furan rings is 1. The number of nitrogens with one attached hydrogen (secondary N) is 1. The van der Waals surface area contributed by atoms with E-state index in [0.29, 0.717) is 13.2 Å². The molecule has 0 aliphatic heterocycles. The number of hydrogen-bond acceptors (Lipinski definition) is 3. The summed E-state index contributed by atoms with van der Waals surface area (Å²) in [5, 5.41) is 4.07. The van der Waals surface area contributed by atoms with Gasteiger partial charge in [0.25, 0.3) is 0 Å². The van der Waals surface area contributed by atoms with Crippen molar-refractivity contribution < 1.29 is 9.15 Å². The molecule has 0 saturated carbocycles. The lowest BCUT2D eigenvalue weighted by Crippen LogP contribution is -2.14. The maximum atomic E-state index is 5.85. The van der Waals surface area contributed by atoms with Crippen LogP contribution < -0.4 is 5.32 Å². The molecule has 108 valence electrons. The molecule has 0 bridgehead atoms. The average Bonchev–Trinajstić information content (AvgIpc) is 2.89. The van der Waals surface area contributed by atoms with Gasteiger partial charge in [-0.25, -0.2) is 0 Å². The van der Waals surface area contributed by atoms with E-state index >= 15 is 0 Å². The Morgan fingerprint density at radius 3 is 2.70 bits per heavy atom. The van der Waals surface area contributed by atoms with Crippen molar-refractivity contribution in [2.24, 2.45) is 0 Å². The highest BCUT2D eigenvalue weighted by Gasteiger charge is 2.06. The zero-order valence-corrected chi connectivity index (χ0v) is 12.5. The van der Waals surface area contributed by atoms with Crippen LogP contribution in [0.4, 0.5) is 0 Å². The van der Waals surface area contributed by atoms with Gasteiger partial charge in [-0.3, -0.25) is 0 Å². The van der Waals surface area contributed by atoms with Crippen molar-refractivity contribution >= 4 is 11.6 Å². The van der Waals surface area contributed by atoms with Gasteiger partial charge >= 0.3 is 0 Å². The number of rotatable bonds is 8. The molecule has 1 heterocycles. The van der Waals surface area contributed by atoms with Crippen LogP contribution in [-0.2, 0) is 24.5 Å². The Morgan fingerprint density at radius 1 is 1.15 bits per heavy atom. The van der Waals surface area contributed by atoms with Crippen LogP contribution >= 0.6 is 11.6 Å². The highest BCUT2D eigenvalue weighted by atomic mass is 35.5. The summed E-state index contributed by atoms with van der Waals surface area (Å²) in [6.45, 7) is 5.02. The SMILES string of the molecule is CCCNCc1occc1COCc1ccc(Cl)cc1. The third-order valence-electron chi connectivity index (χ3n) is 2.99. The normalized spacial score (nSPS) is 10.9. The molecule has 0 fully saturated rings. The largest absolute Gasteiger partial charge is 0.468 e. The molecule has 0 spiro atoms. The van der Waals surface area contributed by atoms with E-state index in [1.54, 1.807) is 6.26 Å². The Balaban J connectivity index is 1.79. The number of halogens is 1. The van der Waals surface area contributed by atoms with Crippen molar-refractivity contribution in [3.05, 3.63) is 58.5 Å². The lowest BCUT2D eigenvalue weighted by molar-refractivity contribution is 0.106. The standard InChI is InChI=1S/C16H20ClNO2/c1-2-8-18-10-16-14(7-9-20-16)12-19-11-13-3-5-15(17)6-4-13/h3-7,9,18H,2,8,10-12H2,1H3. The lowest BCUT2D eigenvalue weighted by Gasteiger charge is -2.06. The van der Waals surface area contributed by atoms with E-state index in [1.165, 1.54) is 0 Å². The highest BCUT2D eigenvalue weighted by molar-refractivity contribution is 6.30. The molecule has 20 heavy (non-hydrogen) atoms. The zero-order valence-electron chi connectivity index (χ0n) is 11.7. The van der Waals surface area contributed by atoms with Gasteiger partial charge in [-0.05, 0) is 36.7 Å². The second kappa shape index (κ2) is 8.10. The second-order valence-electron chi connectivity index (χ2n) is 4.67. The molecule has 0 unspecified atom stereocenters. The van der Waals surface area contributed by atoms with Crippen LogP contribution in [0.3, 0.4) is 0 Å². The molecule has 0 radical (unpaired) electrons. The Kier molecular flexibility index (Phi) is 6.12. The van der Waals surface area contributed by atoms with Crippen LogP contribution in [0.15, 0.2) is 41.0 Å². The van der Waals surface area contributed by atoms with E-state index in [4.69, 9.17) is 20.8 Å². The first kappa shape index (κ1) is 15.1. The molecule has 4 heteroatoms. The van der Waals surface area contributed by atoms with Gasteiger partial charge in [-0.15, -0.1) is 0 Å². The van der Waals surface area contributed by atoms with Gasteiger partial charge in [0.2, 0.25) is 0 Å². The van der Waals surface area contributed by atoms with E-state index in [2.05, 4.69) is 12.2 Å². The summed E-state index contributed by atoms with van der Waals surface area (Å²) in [7, 11) is 0. The first-order chi connectivity index (χ1) is 9.79. The number of benzene rings is 1. The second-order valence-corrected chi connectivity index (χ2v) is 5.10. The van der Waals surface area contributed by atoms with Crippen molar-refractivity contribution in [2.75, 3.05) is 6.54 Å². The Bertz CT molecular complexity index is 507. The van der Waals surface area contributed by atoms with Crippen LogP contribution in [-0.4, -0.2) is 6.54 Å². The van der Waals surface area contributed by atoms with Crippen molar-refractivity contribution in [3.8, 4) is 0 Å². The van der Waals surface area contributed by atoms with E-state index < -0.39 is 0 Å². The average molecular weight is 294 g/mol. The summed E-state index contributed by atoms with van der Waals surface area (Å²) in [6.07, 6.45) is 2.83. The van der Waals surface area contributed by atoms with Gasteiger partial charge in [0.05, 0.1) is 26.0 Å². The zero-order chi connectivity index (χ0) is 14.2. The third-order valence-corrected chi connectivity index (χ3v) is 3.24. The Labute approximate surface area is 124 Å². The van der Waals surface area contributed by atoms with E-state index in [9.17, 15) is 0 Å². The molecule has 0 atom stereocenters. The van der Waals surface area contributed by atoms with Gasteiger partial charge in [0, 0.05) is 10.6 Å². The molecular formula is C16H20ClNO2. The lowest BCUT2D eigenvalue weighted by atomic mass is 10.2. The smallest absolute Gasteiger partial charge is 0.123 e. The van der Waals surface area contributed by atoms with Gasteiger partial charge in [-0.2, -0.15) is 0 Å². The fourth-order valence-corrected chi connectivity index (χ4v) is 2.01. The predicted octanol–water partition coefficient (Wildman–Crippen LogP) is 4.15. The van der Waals surface area contributed by atoms with Crippen molar-refractivity contribution in [2.45, 2.75) is 33.1 Å². The minimum Gasteiger partial charge on any atom is -0.468 e. The maximum absolute atomic E-state index is 5.85. The Hall–Kier alpha value is -1.29. The molecule has 1 aromatic carbocycles. The van der Waals surface area contributed by atoms with Crippen LogP contribution in [0.25, 0.3) is 0 Å². The van der Waals surface area contributed by atoms with Gasteiger partial charge in [-0.1, -0.05) is 30.7 Å². The summed E-state index contributed by atoms with van der Waals surface area (Å²) < 4.78 is 11.2. The minimum atomic E-state index is 0.558. The number of hydrogen-bond donors (Lipinski definition) is 1. The summed E-state index contributed by atoms with van der Waals surface area (Å²) in [5.74, 6) is 0.953. The summed E-state index contributed by atoms with van der Waals surface area (Å²) >= 11 is 5.85. The van der Waals surface area contributed by atoms with Crippen molar-refractivity contribution in [1.29, 1.82) is 0 Å². The van der Waals surface area contributed by atoms with Crippen LogP contribution in [0.1, 0.15) is 30.2 Å². The molecule has 3 nitrogen and oxygen atoms in total. The molecule has 0 aliphatic rings. The van der Waals surface area contributed by atoms with Crippen molar-refractivity contribution in [1.82, 2.24) is 5.32 Å². The first-order valence-corrected chi connectivity index (χ1v) is 7.25. The topological polar surface area (TPSA) is 34.4 Å². The highest BCUT2D eigenvalue weighted by Crippen LogP contribution is 2.14. The monoisotopic (exact) mass is 293 g/mol. The molecule has 0 amide bonds. The maximum Gasteiger partial charge on any atom is 0.123 e. The first-order valence-electron chi connectivity index (χ1n) is 6.87. The van der Waals surface area contributed by atoms with Crippen LogP contribution in [0, 0.1) is 0 Å².